The van der Waals surface area contributed by atoms with Gasteiger partial charge in [0, 0.05) is 6.04 Å². The van der Waals surface area contributed by atoms with Gasteiger partial charge in [-0.2, -0.15) is 5.10 Å². The first kappa shape index (κ1) is 20.7. The fourth-order valence-corrected chi connectivity index (χ4v) is 2.75. The van der Waals surface area contributed by atoms with Gasteiger partial charge >= 0.3 is 5.97 Å². The van der Waals surface area contributed by atoms with Crippen molar-refractivity contribution in [1.82, 2.24) is 9.78 Å². The van der Waals surface area contributed by atoms with Gasteiger partial charge in [0.2, 0.25) is 0 Å². The number of aromatic nitrogens is 2. The lowest BCUT2D eigenvalue weighted by Gasteiger charge is -2.34. The first-order chi connectivity index (χ1) is 12.9. The van der Waals surface area contributed by atoms with Crippen molar-refractivity contribution >= 4 is 18.0 Å². The number of hydrogen-bond donors (Lipinski definition) is 1. The molecule has 1 aromatic heterocycles. The maximum atomic E-state index is 14.1. The van der Waals surface area contributed by atoms with E-state index in [1.807, 2.05) is 6.92 Å². The Balaban J connectivity index is 2.28. The summed E-state index contributed by atoms with van der Waals surface area (Å²) in [5, 5.41) is 6.88. The minimum atomic E-state index is -3.60. The highest BCUT2D eigenvalue weighted by atomic mass is 19.3. The molecule has 0 saturated heterocycles. The number of alkyl halides is 3. The van der Waals surface area contributed by atoms with Crippen molar-refractivity contribution in [2.45, 2.75) is 38.3 Å². The van der Waals surface area contributed by atoms with Crippen LogP contribution in [0.3, 0.4) is 0 Å². The van der Waals surface area contributed by atoms with Crippen LogP contribution in [0, 0.1) is 0 Å². The molecule has 0 fully saturated rings. The standard InChI is InChI=1S/C18H23F3N4O2/c1-3-22-9-7-5-6-8-13-10-15(18(20,21)12-19)25-16(24-13)14(11-23-25)17(26)27-4-2/h3,5-8,11,13,15,24H,4,9-10,12H2,1-2H3/b7-5-,8-6+,22-3-. The molecular weight excluding hydrogens is 361 g/mol. The largest absolute Gasteiger partial charge is 0.462 e. The predicted octanol–water partition coefficient (Wildman–Crippen LogP) is 3.59. The van der Waals surface area contributed by atoms with Crippen LogP contribution in [0.4, 0.5) is 19.0 Å². The maximum absolute atomic E-state index is 14.1. The summed E-state index contributed by atoms with van der Waals surface area (Å²) in [6.07, 6.45) is 9.69. The number of rotatable bonds is 8. The van der Waals surface area contributed by atoms with Gasteiger partial charge < -0.3 is 10.1 Å². The van der Waals surface area contributed by atoms with Crippen LogP contribution in [0.15, 0.2) is 35.5 Å². The van der Waals surface area contributed by atoms with Crippen molar-refractivity contribution in [3.05, 3.63) is 36.1 Å². The monoisotopic (exact) mass is 384 g/mol. The zero-order valence-corrected chi connectivity index (χ0v) is 15.2. The lowest BCUT2D eigenvalue weighted by molar-refractivity contribution is -0.0773. The molecular formula is C18H23F3N4O2. The van der Waals surface area contributed by atoms with Crippen molar-refractivity contribution in [1.29, 1.82) is 0 Å². The number of halogens is 3. The van der Waals surface area contributed by atoms with Crippen molar-refractivity contribution in [3.8, 4) is 0 Å². The normalized spacial score (nSPS) is 20.3. The quantitative estimate of drug-likeness (QED) is 0.423. The minimum Gasteiger partial charge on any atom is -0.462 e. The molecule has 0 radical (unpaired) electrons. The third kappa shape index (κ3) is 4.99. The van der Waals surface area contributed by atoms with Crippen LogP contribution in [-0.4, -0.2) is 53.8 Å². The van der Waals surface area contributed by atoms with Crippen LogP contribution in [0.2, 0.25) is 0 Å². The van der Waals surface area contributed by atoms with Crippen LogP contribution in [0.25, 0.3) is 0 Å². The lowest BCUT2D eigenvalue weighted by Crippen LogP contribution is -2.42. The summed E-state index contributed by atoms with van der Waals surface area (Å²) in [6, 6.07) is -2.03. The van der Waals surface area contributed by atoms with Crippen LogP contribution < -0.4 is 5.32 Å². The Kier molecular flexibility index (Phi) is 7.20. The van der Waals surface area contributed by atoms with Gasteiger partial charge in [-0.05, 0) is 26.5 Å². The Bertz CT molecular complexity index is 728. The van der Waals surface area contributed by atoms with Crippen LogP contribution in [0.1, 0.15) is 36.7 Å². The molecule has 6 nitrogen and oxygen atoms in total. The zero-order chi connectivity index (χ0) is 19.9. The summed E-state index contributed by atoms with van der Waals surface area (Å²) in [5.74, 6) is -4.17. The van der Waals surface area contributed by atoms with Gasteiger partial charge in [-0.1, -0.05) is 24.3 Å². The van der Waals surface area contributed by atoms with E-state index < -0.39 is 30.7 Å². The highest BCUT2D eigenvalue weighted by Crippen LogP contribution is 2.40. The third-order valence-electron chi connectivity index (χ3n) is 4.04. The average Bonchev–Trinajstić information content (AvgIpc) is 3.08. The predicted molar refractivity (Wildman–Crippen MR) is 97.5 cm³/mol. The van der Waals surface area contributed by atoms with Gasteiger partial charge in [-0.25, -0.2) is 22.6 Å². The number of fused-ring (bicyclic) bond motifs is 1. The van der Waals surface area contributed by atoms with E-state index in [9.17, 15) is 18.0 Å². The molecule has 1 N–H and O–H groups in total. The van der Waals surface area contributed by atoms with Crippen molar-refractivity contribution in [3.63, 3.8) is 0 Å². The maximum Gasteiger partial charge on any atom is 0.343 e. The highest BCUT2D eigenvalue weighted by molar-refractivity contribution is 5.94. The molecule has 2 atom stereocenters. The molecule has 0 aliphatic carbocycles. The summed E-state index contributed by atoms with van der Waals surface area (Å²) in [4.78, 5) is 16.1. The van der Waals surface area contributed by atoms with Crippen LogP contribution in [-0.2, 0) is 4.74 Å². The average molecular weight is 384 g/mol. The number of carbonyl (C=O) groups is 1. The summed E-state index contributed by atoms with van der Waals surface area (Å²) >= 11 is 0. The van der Waals surface area contributed by atoms with Gasteiger partial charge in [0.15, 0.2) is 6.67 Å². The van der Waals surface area contributed by atoms with E-state index in [2.05, 4.69) is 15.4 Å². The Morgan fingerprint density at radius 2 is 2.30 bits per heavy atom. The summed E-state index contributed by atoms with van der Waals surface area (Å²) in [6.45, 7) is 2.30. The van der Waals surface area contributed by atoms with Crippen LogP contribution in [0.5, 0.6) is 0 Å². The van der Waals surface area contributed by atoms with E-state index in [4.69, 9.17) is 4.74 Å². The molecule has 2 heterocycles. The number of anilines is 1. The minimum absolute atomic E-state index is 0.0439. The lowest BCUT2D eigenvalue weighted by atomic mass is 9.98. The summed E-state index contributed by atoms with van der Waals surface area (Å²) in [7, 11) is 0. The topological polar surface area (TPSA) is 68.5 Å². The molecule has 1 aliphatic heterocycles. The number of ether oxygens (including phenoxy) is 1. The smallest absolute Gasteiger partial charge is 0.343 e. The number of nitrogens with one attached hydrogen (secondary N) is 1. The van der Waals surface area contributed by atoms with E-state index in [1.54, 1.807) is 37.4 Å². The summed E-state index contributed by atoms with van der Waals surface area (Å²) in [5.41, 5.74) is 0.0439. The molecule has 1 aliphatic rings. The molecule has 0 saturated carbocycles. The molecule has 27 heavy (non-hydrogen) atoms. The molecule has 2 unspecified atom stereocenters. The molecule has 0 aromatic carbocycles. The van der Waals surface area contributed by atoms with Gasteiger partial charge in [0.25, 0.3) is 5.92 Å². The first-order valence-electron chi connectivity index (χ1n) is 8.67. The number of aliphatic imine (C=N–C) groups is 1. The number of esters is 1. The number of carbonyl (C=O) groups excluding carboxylic acids is 1. The van der Waals surface area contributed by atoms with Crippen LogP contribution >= 0.6 is 0 Å². The molecule has 1 aromatic rings. The summed E-state index contributed by atoms with van der Waals surface area (Å²) < 4.78 is 47.1. The molecule has 148 valence electrons. The number of hydrogen-bond acceptors (Lipinski definition) is 5. The second-order valence-electron chi connectivity index (χ2n) is 5.91. The molecule has 2 rings (SSSR count). The van der Waals surface area contributed by atoms with Gasteiger partial charge in [0.05, 0.1) is 19.3 Å². The van der Waals surface area contributed by atoms with Gasteiger partial charge in [-0.15, -0.1) is 0 Å². The second-order valence-corrected chi connectivity index (χ2v) is 5.91. The van der Waals surface area contributed by atoms with Crippen molar-refractivity contribution in [2.75, 3.05) is 25.1 Å². The van der Waals surface area contributed by atoms with Crippen molar-refractivity contribution < 1.29 is 22.7 Å². The molecule has 9 heteroatoms. The molecule has 0 spiro atoms. The van der Waals surface area contributed by atoms with Gasteiger partial charge in [0.1, 0.15) is 17.4 Å². The van der Waals surface area contributed by atoms with E-state index in [0.29, 0.717) is 6.54 Å². The molecule has 0 amide bonds. The fraction of sp³-hybridized carbons (Fsp3) is 0.500. The first-order valence-corrected chi connectivity index (χ1v) is 8.67. The van der Waals surface area contributed by atoms with Gasteiger partial charge in [-0.3, -0.25) is 4.99 Å². The van der Waals surface area contributed by atoms with E-state index in [-0.39, 0.29) is 24.4 Å². The Morgan fingerprint density at radius 3 is 2.96 bits per heavy atom. The van der Waals surface area contributed by atoms with E-state index >= 15 is 0 Å². The van der Waals surface area contributed by atoms with E-state index in [0.717, 1.165) is 10.9 Å². The second kappa shape index (κ2) is 9.38. The highest BCUT2D eigenvalue weighted by Gasteiger charge is 2.46. The number of allylic oxidation sites excluding steroid dienone is 2. The Labute approximate surface area is 155 Å². The molecule has 0 bridgehead atoms. The Morgan fingerprint density at radius 1 is 1.52 bits per heavy atom. The Hall–Kier alpha value is -2.58. The fourth-order valence-electron chi connectivity index (χ4n) is 2.75. The number of nitrogens with zero attached hydrogens (tertiary/aromatic N) is 3. The zero-order valence-electron chi connectivity index (χ0n) is 15.2. The van der Waals surface area contributed by atoms with E-state index in [1.165, 1.54) is 0 Å². The third-order valence-corrected chi connectivity index (χ3v) is 4.04. The SMILES string of the molecule is C/C=N\C/C=C\C=C\C1CC(C(F)(F)CF)n2ncc(C(=O)OCC)c2N1. The van der Waals surface area contributed by atoms with Crippen molar-refractivity contribution in [2.24, 2.45) is 4.99 Å².